The van der Waals surface area contributed by atoms with Crippen LogP contribution in [-0.4, -0.2) is 19.6 Å². The molecule has 120 valence electrons. The molecule has 0 unspecified atom stereocenters. The Balaban J connectivity index is 2.01. The number of benzene rings is 1. The summed E-state index contributed by atoms with van der Waals surface area (Å²) in [5.41, 5.74) is 7.42. The summed E-state index contributed by atoms with van der Waals surface area (Å²) in [5.74, 6) is 0.762. The SMILES string of the molecule is Cc1nc2ncnn2c(N)c1Cc1ccc(C(F)(F)F)c(Br)c1. The smallest absolute Gasteiger partial charge is 0.383 e. The van der Waals surface area contributed by atoms with Crippen LogP contribution in [0.1, 0.15) is 22.4 Å². The first-order chi connectivity index (χ1) is 10.8. The number of aromatic nitrogens is 4. The third-order valence-electron chi connectivity index (χ3n) is 3.49. The highest BCUT2D eigenvalue weighted by molar-refractivity contribution is 9.10. The number of fused-ring (bicyclic) bond motifs is 1. The lowest BCUT2D eigenvalue weighted by atomic mass is 10.0. The van der Waals surface area contributed by atoms with E-state index in [1.54, 1.807) is 6.92 Å². The highest BCUT2D eigenvalue weighted by Crippen LogP contribution is 2.35. The maximum Gasteiger partial charge on any atom is 0.417 e. The van der Waals surface area contributed by atoms with E-state index in [1.807, 2.05) is 0 Å². The molecule has 1 aromatic carbocycles. The van der Waals surface area contributed by atoms with Crippen LogP contribution in [-0.2, 0) is 12.6 Å². The van der Waals surface area contributed by atoms with Gasteiger partial charge in [-0.15, -0.1) is 0 Å². The van der Waals surface area contributed by atoms with E-state index in [0.717, 1.165) is 6.07 Å². The molecule has 9 heteroatoms. The standard InChI is InChI=1S/C14H11BrF3N5/c1-7-9(12(19)23-13(22-7)20-6-21-23)4-8-2-3-10(11(15)5-8)14(16,17)18/h2-3,5-6H,4,19H2,1H3. The molecule has 0 amide bonds. The molecule has 5 nitrogen and oxygen atoms in total. The van der Waals surface area contributed by atoms with Crippen molar-refractivity contribution < 1.29 is 13.2 Å². The fourth-order valence-electron chi connectivity index (χ4n) is 2.33. The number of nitrogens with zero attached hydrogens (tertiary/aromatic N) is 4. The van der Waals surface area contributed by atoms with Crippen LogP contribution in [0.3, 0.4) is 0 Å². The van der Waals surface area contributed by atoms with Gasteiger partial charge in [-0.05, 0) is 24.6 Å². The normalized spacial score (nSPS) is 12.0. The van der Waals surface area contributed by atoms with Crippen LogP contribution in [0.25, 0.3) is 5.78 Å². The first-order valence-corrected chi connectivity index (χ1v) is 7.37. The predicted molar refractivity (Wildman–Crippen MR) is 81.9 cm³/mol. The predicted octanol–water partition coefficient (Wildman–Crippen LogP) is 3.39. The van der Waals surface area contributed by atoms with Gasteiger partial charge in [0.2, 0.25) is 0 Å². The monoisotopic (exact) mass is 385 g/mol. The van der Waals surface area contributed by atoms with Crippen LogP contribution < -0.4 is 5.73 Å². The van der Waals surface area contributed by atoms with Gasteiger partial charge in [0.25, 0.3) is 5.78 Å². The van der Waals surface area contributed by atoms with Crippen LogP contribution in [0.15, 0.2) is 29.0 Å². The molecule has 0 atom stereocenters. The minimum atomic E-state index is -4.40. The maximum atomic E-state index is 12.8. The highest BCUT2D eigenvalue weighted by Gasteiger charge is 2.32. The van der Waals surface area contributed by atoms with E-state index in [-0.39, 0.29) is 4.47 Å². The van der Waals surface area contributed by atoms with Gasteiger partial charge in [0.15, 0.2) is 0 Å². The summed E-state index contributed by atoms with van der Waals surface area (Å²) in [4.78, 5) is 8.26. The summed E-state index contributed by atoms with van der Waals surface area (Å²) in [6.45, 7) is 1.78. The van der Waals surface area contributed by atoms with Gasteiger partial charge in [-0.2, -0.15) is 27.8 Å². The first-order valence-electron chi connectivity index (χ1n) is 6.57. The Labute approximate surface area is 137 Å². The van der Waals surface area contributed by atoms with E-state index in [9.17, 15) is 13.2 Å². The van der Waals surface area contributed by atoms with Crippen molar-refractivity contribution in [1.29, 1.82) is 0 Å². The lowest BCUT2D eigenvalue weighted by Gasteiger charge is -2.13. The minimum absolute atomic E-state index is 0.00600. The number of rotatable bonds is 2. The fourth-order valence-corrected chi connectivity index (χ4v) is 2.98. The molecule has 0 saturated heterocycles. The molecule has 0 aliphatic carbocycles. The van der Waals surface area contributed by atoms with Gasteiger partial charge in [-0.1, -0.05) is 22.0 Å². The molecule has 0 spiro atoms. The number of nitrogens with two attached hydrogens (primary N) is 1. The largest absolute Gasteiger partial charge is 0.417 e. The van der Waals surface area contributed by atoms with Crippen molar-refractivity contribution in [2.45, 2.75) is 19.5 Å². The van der Waals surface area contributed by atoms with Crippen molar-refractivity contribution in [3.05, 3.63) is 51.4 Å². The van der Waals surface area contributed by atoms with Crippen molar-refractivity contribution in [3.8, 4) is 0 Å². The van der Waals surface area contributed by atoms with Gasteiger partial charge < -0.3 is 5.73 Å². The third kappa shape index (κ3) is 2.88. The average Bonchev–Trinajstić information content (AvgIpc) is 2.90. The number of hydrogen-bond acceptors (Lipinski definition) is 4. The number of nitrogen functional groups attached to an aromatic ring is 1. The summed E-state index contributed by atoms with van der Waals surface area (Å²) in [6, 6.07) is 3.91. The molecule has 2 aromatic heterocycles. The van der Waals surface area contributed by atoms with E-state index in [1.165, 1.54) is 23.0 Å². The number of alkyl halides is 3. The summed E-state index contributed by atoms with van der Waals surface area (Å²) >= 11 is 2.97. The van der Waals surface area contributed by atoms with Gasteiger partial charge in [-0.3, -0.25) is 0 Å². The summed E-state index contributed by atoms with van der Waals surface area (Å²) in [6.07, 6.45) is -2.71. The summed E-state index contributed by atoms with van der Waals surface area (Å²) < 4.78 is 39.8. The summed E-state index contributed by atoms with van der Waals surface area (Å²) in [7, 11) is 0. The number of aryl methyl sites for hydroxylation is 1. The molecule has 23 heavy (non-hydrogen) atoms. The molecule has 0 fully saturated rings. The van der Waals surface area contributed by atoms with E-state index < -0.39 is 11.7 Å². The number of halogens is 4. The lowest BCUT2D eigenvalue weighted by Crippen LogP contribution is -2.10. The van der Waals surface area contributed by atoms with Gasteiger partial charge in [0, 0.05) is 22.2 Å². The second-order valence-corrected chi connectivity index (χ2v) is 5.88. The lowest BCUT2D eigenvalue weighted by molar-refractivity contribution is -0.138. The van der Waals surface area contributed by atoms with Gasteiger partial charge in [0.1, 0.15) is 12.1 Å². The molecule has 0 bridgehead atoms. The van der Waals surface area contributed by atoms with Crippen molar-refractivity contribution >= 4 is 27.5 Å². The Morgan fingerprint density at radius 2 is 2.04 bits per heavy atom. The molecule has 2 heterocycles. The van der Waals surface area contributed by atoms with Crippen LogP contribution in [0.4, 0.5) is 19.0 Å². The van der Waals surface area contributed by atoms with Crippen molar-refractivity contribution in [2.75, 3.05) is 5.73 Å². The molecule has 0 aliphatic rings. The molecule has 2 N–H and O–H groups in total. The summed E-state index contributed by atoms with van der Waals surface area (Å²) in [5, 5.41) is 3.99. The Kier molecular flexibility index (Phi) is 3.75. The molecular formula is C14H11BrF3N5. The Hall–Kier alpha value is -2.16. The molecule has 0 saturated carbocycles. The van der Waals surface area contributed by atoms with Crippen molar-refractivity contribution in [3.63, 3.8) is 0 Å². The Bertz CT molecular complexity index is 888. The highest BCUT2D eigenvalue weighted by atomic mass is 79.9. The van der Waals surface area contributed by atoms with E-state index in [0.29, 0.717) is 34.8 Å². The molecular weight excluding hydrogens is 375 g/mol. The van der Waals surface area contributed by atoms with Gasteiger partial charge in [-0.25, -0.2) is 4.98 Å². The van der Waals surface area contributed by atoms with Crippen LogP contribution in [0, 0.1) is 6.92 Å². The average molecular weight is 386 g/mol. The topological polar surface area (TPSA) is 69.1 Å². The van der Waals surface area contributed by atoms with Gasteiger partial charge in [0.05, 0.1) is 5.56 Å². The zero-order valence-corrected chi connectivity index (χ0v) is 13.5. The van der Waals surface area contributed by atoms with Crippen molar-refractivity contribution in [2.24, 2.45) is 0 Å². The van der Waals surface area contributed by atoms with Crippen LogP contribution in [0.5, 0.6) is 0 Å². The van der Waals surface area contributed by atoms with E-state index >= 15 is 0 Å². The van der Waals surface area contributed by atoms with E-state index in [4.69, 9.17) is 5.73 Å². The quantitative estimate of drug-likeness (QED) is 0.733. The van der Waals surface area contributed by atoms with Crippen molar-refractivity contribution in [1.82, 2.24) is 19.6 Å². The third-order valence-corrected chi connectivity index (χ3v) is 4.15. The molecule has 3 rings (SSSR count). The molecule has 3 aromatic rings. The minimum Gasteiger partial charge on any atom is -0.383 e. The Morgan fingerprint density at radius 3 is 2.70 bits per heavy atom. The second kappa shape index (κ2) is 5.48. The van der Waals surface area contributed by atoms with E-state index in [2.05, 4.69) is 31.0 Å². The molecule has 0 aliphatic heterocycles. The van der Waals surface area contributed by atoms with Crippen LogP contribution >= 0.6 is 15.9 Å². The first kappa shape index (κ1) is 15.7. The Morgan fingerprint density at radius 1 is 1.30 bits per heavy atom. The van der Waals surface area contributed by atoms with Crippen LogP contribution in [0.2, 0.25) is 0 Å². The second-order valence-electron chi connectivity index (χ2n) is 5.02. The maximum absolute atomic E-state index is 12.8. The zero-order valence-electron chi connectivity index (χ0n) is 11.9. The number of hydrogen-bond donors (Lipinski definition) is 1. The fraction of sp³-hybridized carbons (Fsp3) is 0.214. The molecule has 0 radical (unpaired) electrons. The van der Waals surface area contributed by atoms with Gasteiger partial charge >= 0.3 is 6.18 Å². The zero-order chi connectivity index (χ0) is 16.8. The number of anilines is 1.